The molecule has 2 rings (SSSR count). The number of hydrogen-bond donors (Lipinski definition) is 1. The lowest BCUT2D eigenvalue weighted by Crippen LogP contribution is -2.24. The van der Waals surface area contributed by atoms with Crippen LogP contribution >= 0.6 is 11.8 Å². The van der Waals surface area contributed by atoms with Crippen molar-refractivity contribution in [3.63, 3.8) is 0 Å². The molecule has 0 bridgehead atoms. The Morgan fingerprint density at radius 2 is 2.22 bits per heavy atom. The minimum atomic E-state index is -0.0254. The molecule has 4 nitrogen and oxygen atoms in total. The average molecular weight is 259 g/mol. The van der Waals surface area contributed by atoms with Crippen molar-refractivity contribution in [2.45, 2.75) is 5.03 Å². The van der Waals surface area contributed by atoms with Gasteiger partial charge in [-0.1, -0.05) is 36.0 Å². The smallest absolute Gasteiger partial charge is 0.230 e. The third kappa shape index (κ3) is 3.07. The van der Waals surface area contributed by atoms with Gasteiger partial charge in [0.05, 0.1) is 11.3 Å². The van der Waals surface area contributed by atoms with Crippen LogP contribution in [0.15, 0.2) is 48.3 Å². The van der Waals surface area contributed by atoms with E-state index in [1.807, 2.05) is 24.3 Å². The molecule has 1 amide bonds. The Hall–Kier alpha value is -1.88. The second-order valence-corrected chi connectivity index (χ2v) is 4.54. The average Bonchev–Trinajstić information content (AvgIpc) is 2.42. The molecule has 1 N–H and O–H groups in total. The first kappa shape index (κ1) is 12.6. The molecule has 0 aliphatic rings. The molecular formula is C13H13N3OS. The van der Waals surface area contributed by atoms with E-state index in [0.29, 0.717) is 12.3 Å². The molecule has 92 valence electrons. The first-order valence-corrected chi connectivity index (χ1v) is 6.50. The fraction of sp³-hybridized carbons (Fsp3) is 0.154. The maximum atomic E-state index is 11.5. The lowest BCUT2D eigenvalue weighted by molar-refractivity contribution is -0.118. The summed E-state index contributed by atoms with van der Waals surface area (Å²) in [5, 5.41) is 4.53. The van der Waals surface area contributed by atoms with Crippen molar-refractivity contribution in [2.24, 2.45) is 0 Å². The lowest BCUT2D eigenvalue weighted by atomic mass is 10.2. The van der Waals surface area contributed by atoms with Gasteiger partial charge in [0.1, 0.15) is 11.4 Å². The monoisotopic (exact) mass is 259 g/mol. The third-order valence-corrected chi connectivity index (χ3v) is 3.30. The Morgan fingerprint density at radius 3 is 3.06 bits per heavy atom. The first-order valence-electron chi connectivity index (χ1n) is 5.51. The zero-order chi connectivity index (χ0) is 12.8. The second-order valence-electron chi connectivity index (χ2n) is 3.58. The van der Waals surface area contributed by atoms with Gasteiger partial charge in [0.25, 0.3) is 0 Å². The Labute approximate surface area is 110 Å². The van der Waals surface area contributed by atoms with Crippen LogP contribution in [0.4, 0.5) is 0 Å². The number of fused-ring (bicyclic) bond motifs is 1. The van der Waals surface area contributed by atoms with E-state index in [0.717, 1.165) is 15.9 Å². The number of nitrogens with one attached hydrogen (secondary N) is 1. The van der Waals surface area contributed by atoms with Crippen molar-refractivity contribution >= 4 is 28.6 Å². The minimum absolute atomic E-state index is 0.0254. The van der Waals surface area contributed by atoms with Crippen LogP contribution in [0.2, 0.25) is 0 Å². The van der Waals surface area contributed by atoms with Gasteiger partial charge in [-0.15, -0.1) is 6.58 Å². The topological polar surface area (TPSA) is 54.9 Å². The molecule has 0 spiro atoms. The summed E-state index contributed by atoms with van der Waals surface area (Å²) in [5.41, 5.74) is 0.890. The van der Waals surface area contributed by atoms with Crippen molar-refractivity contribution in [1.29, 1.82) is 0 Å². The summed E-state index contributed by atoms with van der Waals surface area (Å²) in [6.45, 7) is 4.04. The molecule has 0 unspecified atom stereocenters. The molecule has 0 fully saturated rings. The number of benzene rings is 1. The number of aromatic nitrogens is 2. The molecule has 0 aliphatic heterocycles. The highest BCUT2D eigenvalue weighted by atomic mass is 32.2. The number of rotatable bonds is 5. The normalized spacial score (nSPS) is 10.2. The Balaban J connectivity index is 2.08. The number of thioether (sulfide) groups is 1. The van der Waals surface area contributed by atoms with Gasteiger partial charge in [-0.2, -0.15) is 0 Å². The maximum Gasteiger partial charge on any atom is 0.230 e. The van der Waals surface area contributed by atoms with Crippen LogP contribution in [0.25, 0.3) is 10.9 Å². The van der Waals surface area contributed by atoms with Crippen LogP contribution in [0.3, 0.4) is 0 Å². The summed E-state index contributed by atoms with van der Waals surface area (Å²) in [6.07, 6.45) is 3.18. The van der Waals surface area contributed by atoms with Crippen LogP contribution in [-0.2, 0) is 4.79 Å². The van der Waals surface area contributed by atoms with Crippen LogP contribution < -0.4 is 5.32 Å². The predicted molar refractivity (Wildman–Crippen MR) is 73.5 cm³/mol. The molecule has 0 saturated heterocycles. The van der Waals surface area contributed by atoms with Crippen LogP contribution in [0.5, 0.6) is 0 Å². The number of carbonyl (C=O) groups is 1. The highest BCUT2D eigenvalue weighted by molar-refractivity contribution is 8.00. The molecule has 1 aromatic heterocycles. The second kappa shape index (κ2) is 6.16. The lowest BCUT2D eigenvalue weighted by Gasteiger charge is -2.04. The Bertz CT molecular complexity index is 566. The van der Waals surface area contributed by atoms with Gasteiger partial charge in [-0.05, 0) is 6.07 Å². The van der Waals surface area contributed by atoms with E-state index in [1.54, 1.807) is 6.08 Å². The summed E-state index contributed by atoms with van der Waals surface area (Å²) in [7, 11) is 0. The van der Waals surface area contributed by atoms with E-state index in [9.17, 15) is 4.79 Å². The molecule has 0 aliphatic carbocycles. The van der Waals surface area contributed by atoms with Crippen molar-refractivity contribution in [1.82, 2.24) is 15.3 Å². The van der Waals surface area contributed by atoms with Crippen molar-refractivity contribution in [3.8, 4) is 0 Å². The summed E-state index contributed by atoms with van der Waals surface area (Å²) in [5.74, 6) is 0.317. The fourth-order valence-corrected chi connectivity index (χ4v) is 2.29. The van der Waals surface area contributed by atoms with Gasteiger partial charge in [-0.25, -0.2) is 9.97 Å². The maximum absolute atomic E-state index is 11.5. The van der Waals surface area contributed by atoms with E-state index < -0.39 is 0 Å². The zero-order valence-electron chi connectivity index (χ0n) is 9.80. The van der Waals surface area contributed by atoms with Gasteiger partial charge in [0.2, 0.25) is 5.91 Å². The number of hydrogen-bond acceptors (Lipinski definition) is 4. The number of carbonyl (C=O) groups excluding carboxylic acids is 1. The van der Waals surface area contributed by atoms with Gasteiger partial charge in [0.15, 0.2) is 0 Å². The molecule has 0 saturated carbocycles. The Kier molecular flexibility index (Phi) is 4.30. The van der Waals surface area contributed by atoms with E-state index in [2.05, 4.69) is 21.9 Å². The predicted octanol–water partition coefficient (Wildman–Crippen LogP) is 2.02. The largest absolute Gasteiger partial charge is 0.352 e. The quantitative estimate of drug-likeness (QED) is 0.507. The standard InChI is InChI=1S/C13H13N3OS/c1-2-7-14-12(17)8-18-13-10-5-3-4-6-11(10)15-9-16-13/h2-6,9H,1,7-8H2,(H,14,17). The SMILES string of the molecule is C=CCNC(=O)CSc1ncnc2ccccc12. The highest BCUT2D eigenvalue weighted by Crippen LogP contribution is 2.23. The van der Waals surface area contributed by atoms with Crippen molar-refractivity contribution in [2.75, 3.05) is 12.3 Å². The van der Waals surface area contributed by atoms with Gasteiger partial charge >= 0.3 is 0 Å². The molecule has 0 radical (unpaired) electrons. The van der Waals surface area contributed by atoms with Gasteiger partial charge in [0, 0.05) is 11.9 Å². The molecule has 1 heterocycles. The van der Waals surface area contributed by atoms with Crippen molar-refractivity contribution in [3.05, 3.63) is 43.2 Å². The van der Waals surface area contributed by atoms with E-state index >= 15 is 0 Å². The van der Waals surface area contributed by atoms with Crippen LogP contribution in [0, 0.1) is 0 Å². The van der Waals surface area contributed by atoms with Gasteiger partial charge < -0.3 is 5.32 Å². The van der Waals surface area contributed by atoms with Gasteiger partial charge in [-0.3, -0.25) is 4.79 Å². The minimum Gasteiger partial charge on any atom is -0.352 e. The molecule has 18 heavy (non-hydrogen) atoms. The molecule has 5 heteroatoms. The highest BCUT2D eigenvalue weighted by Gasteiger charge is 2.06. The Morgan fingerprint density at radius 1 is 1.39 bits per heavy atom. The molecule has 0 atom stereocenters. The number of para-hydroxylation sites is 1. The van der Waals surface area contributed by atoms with Crippen LogP contribution in [0.1, 0.15) is 0 Å². The third-order valence-electron chi connectivity index (χ3n) is 2.29. The molecule has 2 aromatic rings. The number of nitrogens with zero attached hydrogens (tertiary/aromatic N) is 2. The van der Waals surface area contributed by atoms with E-state index in [1.165, 1.54) is 18.1 Å². The van der Waals surface area contributed by atoms with E-state index in [-0.39, 0.29) is 5.91 Å². The first-order chi connectivity index (χ1) is 8.81. The zero-order valence-corrected chi connectivity index (χ0v) is 10.6. The number of amides is 1. The molecule has 1 aromatic carbocycles. The van der Waals surface area contributed by atoms with E-state index in [4.69, 9.17) is 0 Å². The summed E-state index contributed by atoms with van der Waals surface area (Å²) < 4.78 is 0. The summed E-state index contributed by atoms with van der Waals surface area (Å²) in [4.78, 5) is 19.9. The fourth-order valence-electron chi connectivity index (χ4n) is 1.47. The molecular weight excluding hydrogens is 246 g/mol. The van der Waals surface area contributed by atoms with Crippen molar-refractivity contribution < 1.29 is 4.79 Å². The summed E-state index contributed by atoms with van der Waals surface area (Å²) >= 11 is 1.41. The summed E-state index contributed by atoms with van der Waals surface area (Å²) in [6, 6.07) is 7.76. The van der Waals surface area contributed by atoms with Crippen LogP contribution in [-0.4, -0.2) is 28.2 Å².